The molecule has 0 aliphatic heterocycles. The molecule has 0 radical (unpaired) electrons. The van der Waals surface area contributed by atoms with Gasteiger partial charge in [-0.3, -0.25) is 4.79 Å². The molecule has 0 N–H and O–H groups in total. The summed E-state index contributed by atoms with van der Waals surface area (Å²) in [5, 5.41) is 1.21. The number of aromatic nitrogens is 1. The van der Waals surface area contributed by atoms with Gasteiger partial charge in [-0.2, -0.15) is 0 Å². The Morgan fingerprint density at radius 1 is 1.00 bits per heavy atom. The number of carbonyl (C=O) groups excluding carboxylic acids is 1. The number of thioether (sulfide) groups is 1. The van der Waals surface area contributed by atoms with E-state index in [-0.39, 0.29) is 22.3 Å². The summed E-state index contributed by atoms with van der Waals surface area (Å²) in [5.74, 6) is 0.0367. The zero-order valence-electron chi connectivity index (χ0n) is 17.7. The highest BCUT2D eigenvalue weighted by Crippen LogP contribution is 2.42. The SMILES string of the molecule is CC(=O)CC(Sc1ccc(Cl)cc1)c1cn(S(=O)(=O)c2ccc(C)cc2)c2ccccc12. The summed E-state index contributed by atoms with van der Waals surface area (Å²) in [6.45, 7) is 3.47. The van der Waals surface area contributed by atoms with Crippen molar-refractivity contribution in [1.29, 1.82) is 0 Å². The van der Waals surface area contributed by atoms with Gasteiger partial charge >= 0.3 is 0 Å². The van der Waals surface area contributed by atoms with E-state index in [0.717, 1.165) is 21.4 Å². The number of hydrogen-bond acceptors (Lipinski definition) is 4. The molecule has 0 spiro atoms. The van der Waals surface area contributed by atoms with E-state index in [0.29, 0.717) is 10.5 Å². The molecule has 0 aliphatic rings. The lowest BCUT2D eigenvalue weighted by molar-refractivity contribution is -0.117. The topological polar surface area (TPSA) is 56.1 Å². The first-order chi connectivity index (χ1) is 15.3. The van der Waals surface area contributed by atoms with Crippen molar-refractivity contribution in [3.63, 3.8) is 0 Å². The van der Waals surface area contributed by atoms with Gasteiger partial charge in [-0.25, -0.2) is 12.4 Å². The molecule has 1 atom stereocenters. The third-order valence-electron chi connectivity index (χ3n) is 5.20. The van der Waals surface area contributed by atoms with Crippen molar-refractivity contribution in [1.82, 2.24) is 3.97 Å². The van der Waals surface area contributed by atoms with E-state index in [1.165, 1.54) is 15.7 Å². The number of halogens is 1. The average molecular weight is 484 g/mol. The number of carbonyl (C=O) groups is 1. The van der Waals surface area contributed by atoms with Crippen molar-refractivity contribution in [2.75, 3.05) is 0 Å². The second-order valence-electron chi connectivity index (χ2n) is 7.68. The normalized spacial score (nSPS) is 12.7. The van der Waals surface area contributed by atoms with Crippen LogP contribution in [0.25, 0.3) is 10.9 Å². The Labute approximate surface area is 197 Å². The fourth-order valence-electron chi connectivity index (χ4n) is 3.61. The predicted octanol–water partition coefficient (Wildman–Crippen LogP) is 6.65. The van der Waals surface area contributed by atoms with E-state index in [1.54, 1.807) is 55.6 Å². The van der Waals surface area contributed by atoms with Gasteiger partial charge < -0.3 is 0 Å². The van der Waals surface area contributed by atoms with Crippen molar-refractivity contribution in [2.45, 2.75) is 35.3 Å². The number of rotatable bonds is 7. The summed E-state index contributed by atoms with van der Waals surface area (Å²) < 4.78 is 28.3. The van der Waals surface area contributed by atoms with Gasteiger partial charge in [-0.05, 0) is 61.9 Å². The average Bonchev–Trinajstić information content (AvgIpc) is 3.15. The van der Waals surface area contributed by atoms with Crippen LogP contribution in [0.2, 0.25) is 5.02 Å². The molecule has 164 valence electrons. The lowest BCUT2D eigenvalue weighted by atomic mass is 10.1. The molecule has 32 heavy (non-hydrogen) atoms. The molecular weight excluding hydrogens is 462 g/mol. The largest absolute Gasteiger partial charge is 0.300 e. The molecule has 0 saturated carbocycles. The van der Waals surface area contributed by atoms with Gasteiger partial charge in [0.1, 0.15) is 5.78 Å². The van der Waals surface area contributed by atoms with Gasteiger partial charge in [0.25, 0.3) is 10.0 Å². The number of fused-ring (bicyclic) bond motifs is 1. The third-order valence-corrected chi connectivity index (χ3v) is 8.39. The van der Waals surface area contributed by atoms with Crippen molar-refractivity contribution in [3.8, 4) is 0 Å². The van der Waals surface area contributed by atoms with Crippen LogP contribution in [0.4, 0.5) is 0 Å². The molecule has 1 aromatic heterocycles. The van der Waals surface area contributed by atoms with Crippen LogP contribution in [0, 0.1) is 6.92 Å². The molecule has 7 heteroatoms. The van der Waals surface area contributed by atoms with Gasteiger partial charge in [0.05, 0.1) is 10.4 Å². The minimum Gasteiger partial charge on any atom is -0.300 e. The van der Waals surface area contributed by atoms with Crippen LogP contribution in [0.3, 0.4) is 0 Å². The predicted molar refractivity (Wildman–Crippen MR) is 131 cm³/mol. The van der Waals surface area contributed by atoms with Crippen LogP contribution in [-0.4, -0.2) is 18.2 Å². The van der Waals surface area contributed by atoms with Crippen molar-refractivity contribution < 1.29 is 13.2 Å². The molecule has 0 aliphatic carbocycles. The quantitative estimate of drug-likeness (QED) is 0.276. The molecule has 4 aromatic rings. The summed E-state index contributed by atoms with van der Waals surface area (Å²) in [6, 6.07) is 21.6. The molecule has 4 nitrogen and oxygen atoms in total. The van der Waals surface area contributed by atoms with Crippen LogP contribution in [0.1, 0.15) is 29.7 Å². The summed E-state index contributed by atoms with van der Waals surface area (Å²) in [5.41, 5.74) is 2.39. The second-order valence-corrected chi connectivity index (χ2v) is 11.2. The van der Waals surface area contributed by atoms with Crippen LogP contribution >= 0.6 is 23.4 Å². The monoisotopic (exact) mass is 483 g/mol. The highest BCUT2D eigenvalue weighted by molar-refractivity contribution is 7.99. The minimum atomic E-state index is -3.80. The fraction of sp³-hybridized carbons (Fsp3) is 0.160. The summed E-state index contributed by atoms with van der Waals surface area (Å²) >= 11 is 7.54. The lowest BCUT2D eigenvalue weighted by Crippen LogP contribution is -2.12. The Balaban J connectivity index is 1.85. The number of ketones is 1. The summed E-state index contributed by atoms with van der Waals surface area (Å²) in [4.78, 5) is 13.3. The Morgan fingerprint density at radius 2 is 1.66 bits per heavy atom. The van der Waals surface area contributed by atoms with Crippen LogP contribution in [-0.2, 0) is 14.8 Å². The molecule has 1 heterocycles. The Hall–Kier alpha value is -2.54. The number of Topliss-reactive ketones (excluding diaryl/α,β-unsaturated/α-hetero) is 1. The molecule has 3 aromatic carbocycles. The zero-order chi connectivity index (χ0) is 22.9. The first kappa shape index (κ1) is 22.6. The first-order valence-electron chi connectivity index (χ1n) is 10.1. The third kappa shape index (κ3) is 4.63. The summed E-state index contributed by atoms with van der Waals surface area (Å²) in [6.07, 6.45) is 1.95. The smallest absolute Gasteiger partial charge is 0.268 e. The number of benzene rings is 3. The van der Waals surface area contributed by atoms with E-state index in [9.17, 15) is 13.2 Å². The molecule has 0 fully saturated rings. The minimum absolute atomic E-state index is 0.0367. The van der Waals surface area contributed by atoms with Crippen LogP contribution in [0.15, 0.2) is 88.8 Å². The lowest BCUT2D eigenvalue weighted by Gasteiger charge is -2.15. The van der Waals surface area contributed by atoms with Crippen molar-refractivity contribution >= 4 is 50.1 Å². The van der Waals surface area contributed by atoms with E-state index in [1.807, 2.05) is 37.3 Å². The molecule has 4 rings (SSSR count). The maximum atomic E-state index is 13.5. The van der Waals surface area contributed by atoms with E-state index in [4.69, 9.17) is 11.6 Å². The molecular formula is C25H22ClNO3S2. The van der Waals surface area contributed by atoms with Gasteiger partial charge in [-0.1, -0.05) is 47.5 Å². The van der Waals surface area contributed by atoms with E-state index < -0.39 is 10.0 Å². The van der Waals surface area contributed by atoms with Crippen molar-refractivity contribution in [2.24, 2.45) is 0 Å². The maximum absolute atomic E-state index is 13.5. The highest BCUT2D eigenvalue weighted by Gasteiger charge is 2.26. The number of aryl methyl sites for hydroxylation is 1. The molecule has 0 saturated heterocycles. The second kappa shape index (κ2) is 9.14. The van der Waals surface area contributed by atoms with Gasteiger partial charge in [0, 0.05) is 33.2 Å². The van der Waals surface area contributed by atoms with Gasteiger partial charge in [-0.15, -0.1) is 11.8 Å². The van der Waals surface area contributed by atoms with Crippen LogP contribution in [0.5, 0.6) is 0 Å². The van der Waals surface area contributed by atoms with Gasteiger partial charge in [0.15, 0.2) is 0 Å². The Bertz CT molecular complexity index is 1380. The van der Waals surface area contributed by atoms with E-state index in [2.05, 4.69) is 0 Å². The van der Waals surface area contributed by atoms with Crippen LogP contribution < -0.4 is 0 Å². The summed E-state index contributed by atoms with van der Waals surface area (Å²) in [7, 11) is -3.80. The molecule has 1 unspecified atom stereocenters. The van der Waals surface area contributed by atoms with Crippen molar-refractivity contribution in [3.05, 3.63) is 95.1 Å². The Kier molecular flexibility index (Phi) is 6.47. The zero-order valence-corrected chi connectivity index (χ0v) is 20.0. The Morgan fingerprint density at radius 3 is 2.31 bits per heavy atom. The number of hydrogen-bond donors (Lipinski definition) is 0. The standard InChI is InChI=1S/C25H22ClNO3S2/c1-17-7-13-21(14-8-17)32(29,30)27-16-23(22-5-3-4-6-24(22)27)25(15-18(2)28)31-20-11-9-19(26)10-12-20/h3-14,16,25H,15H2,1-2H3. The fourth-order valence-corrected chi connectivity index (χ4v) is 6.37. The van der Waals surface area contributed by atoms with E-state index >= 15 is 0 Å². The first-order valence-corrected chi connectivity index (χ1v) is 12.8. The maximum Gasteiger partial charge on any atom is 0.268 e. The highest BCUT2D eigenvalue weighted by atomic mass is 35.5. The molecule has 0 amide bonds. The number of nitrogens with zero attached hydrogens (tertiary/aromatic N) is 1. The molecule has 0 bridgehead atoms. The number of para-hydroxylation sites is 1. The van der Waals surface area contributed by atoms with Gasteiger partial charge in [0.2, 0.25) is 0 Å².